The summed E-state index contributed by atoms with van der Waals surface area (Å²) in [5, 5.41) is 3.16. The SMILES string of the molecule is CC1CCCCC12NC(=O)N(CN1CCN(S(=O)(=O)c3ccccc3Cl)CC1)C2=O. The Morgan fingerprint density at radius 2 is 1.83 bits per heavy atom. The second kappa shape index (κ2) is 8.11. The van der Waals surface area contributed by atoms with Crippen molar-refractivity contribution in [2.24, 2.45) is 5.92 Å². The number of halogens is 1. The fourth-order valence-electron chi connectivity index (χ4n) is 4.73. The van der Waals surface area contributed by atoms with Crippen LogP contribution in [-0.2, 0) is 14.8 Å². The third-order valence-corrected chi connectivity index (χ3v) is 9.03. The van der Waals surface area contributed by atoms with Crippen LogP contribution in [0.3, 0.4) is 0 Å². The van der Waals surface area contributed by atoms with Crippen LogP contribution in [0.25, 0.3) is 0 Å². The highest BCUT2D eigenvalue weighted by Crippen LogP contribution is 2.38. The van der Waals surface area contributed by atoms with Crippen molar-refractivity contribution in [1.82, 2.24) is 19.4 Å². The molecule has 3 amide bonds. The number of rotatable bonds is 4. The number of nitrogens with zero attached hydrogens (tertiary/aromatic N) is 3. The molecule has 1 aromatic carbocycles. The second-order valence-electron chi connectivity index (χ2n) is 8.38. The lowest BCUT2D eigenvalue weighted by Crippen LogP contribution is -2.55. The summed E-state index contributed by atoms with van der Waals surface area (Å²) >= 11 is 6.08. The Kier molecular flexibility index (Phi) is 5.82. The lowest BCUT2D eigenvalue weighted by atomic mass is 9.73. The predicted octanol–water partition coefficient (Wildman–Crippen LogP) is 2.10. The molecule has 1 aromatic rings. The van der Waals surface area contributed by atoms with E-state index < -0.39 is 15.6 Å². The molecule has 1 saturated carbocycles. The molecule has 3 aliphatic rings. The Balaban J connectivity index is 1.40. The number of amides is 3. The van der Waals surface area contributed by atoms with Gasteiger partial charge >= 0.3 is 6.03 Å². The molecule has 30 heavy (non-hydrogen) atoms. The van der Waals surface area contributed by atoms with Crippen molar-refractivity contribution in [3.63, 3.8) is 0 Å². The highest BCUT2D eigenvalue weighted by molar-refractivity contribution is 7.89. The molecule has 1 aliphatic carbocycles. The van der Waals surface area contributed by atoms with Crippen LogP contribution in [0.1, 0.15) is 32.6 Å². The molecule has 3 fully saturated rings. The standard InChI is InChI=1S/C20H27ClN4O4S/c1-15-6-4-5-9-20(15)18(26)25(19(27)22-20)14-23-10-12-24(13-11-23)30(28,29)17-8-3-2-7-16(17)21/h2-3,7-8,15H,4-6,9-14H2,1H3,(H,22,27). The van der Waals surface area contributed by atoms with Crippen LogP contribution < -0.4 is 5.32 Å². The normalized spacial score (nSPS) is 28.9. The number of hydrogen-bond donors (Lipinski definition) is 1. The minimum absolute atomic E-state index is 0.0995. The van der Waals surface area contributed by atoms with Gasteiger partial charge in [0, 0.05) is 26.2 Å². The van der Waals surface area contributed by atoms with E-state index in [-0.39, 0.29) is 47.5 Å². The minimum Gasteiger partial charge on any atom is -0.323 e. The molecule has 2 heterocycles. The predicted molar refractivity (Wildman–Crippen MR) is 112 cm³/mol. The fraction of sp³-hybridized carbons (Fsp3) is 0.600. The Hall–Kier alpha value is -1.68. The van der Waals surface area contributed by atoms with Gasteiger partial charge < -0.3 is 5.32 Å². The van der Waals surface area contributed by atoms with Gasteiger partial charge in [0.25, 0.3) is 5.91 Å². The van der Waals surface area contributed by atoms with E-state index in [9.17, 15) is 18.0 Å². The third-order valence-electron chi connectivity index (χ3n) is 6.63. The van der Waals surface area contributed by atoms with Gasteiger partial charge in [-0.25, -0.2) is 18.1 Å². The number of benzene rings is 1. The summed E-state index contributed by atoms with van der Waals surface area (Å²) in [6.07, 6.45) is 3.62. The maximum atomic E-state index is 13.1. The van der Waals surface area contributed by atoms with Gasteiger partial charge in [0.15, 0.2) is 0 Å². The third kappa shape index (κ3) is 3.62. The zero-order valence-electron chi connectivity index (χ0n) is 17.0. The first kappa shape index (κ1) is 21.5. The van der Waals surface area contributed by atoms with Gasteiger partial charge in [-0.15, -0.1) is 0 Å². The molecule has 1 spiro atoms. The molecule has 2 aliphatic heterocycles. The fourth-order valence-corrected chi connectivity index (χ4v) is 6.64. The van der Waals surface area contributed by atoms with Gasteiger partial charge in [0.05, 0.1) is 11.7 Å². The average molecular weight is 455 g/mol. The van der Waals surface area contributed by atoms with E-state index >= 15 is 0 Å². The van der Waals surface area contributed by atoms with Crippen LogP contribution in [0.15, 0.2) is 29.2 Å². The van der Waals surface area contributed by atoms with Gasteiger partial charge in [-0.3, -0.25) is 9.69 Å². The molecule has 2 saturated heterocycles. The van der Waals surface area contributed by atoms with Crippen molar-refractivity contribution >= 4 is 33.6 Å². The van der Waals surface area contributed by atoms with E-state index in [4.69, 9.17) is 11.6 Å². The van der Waals surface area contributed by atoms with E-state index in [2.05, 4.69) is 5.32 Å². The van der Waals surface area contributed by atoms with E-state index in [1.54, 1.807) is 18.2 Å². The maximum absolute atomic E-state index is 13.1. The molecule has 2 unspecified atom stereocenters. The van der Waals surface area contributed by atoms with Gasteiger partial charge in [-0.05, 0) is 30.9 Å². The molecule has 1 N–H and O–H groups in total. The van der Waals surface area contributed by atoms with Crippen molar-refractivity contribution in [2.75, 3.05) is 32.8 Å². The van der Waals surface area contributed by atoms with Crippen LogP contribution >= 0.6 is 11.6 Å². The number of piperazine rings is 1. The lowest BCUT2D eigenvalue weighted by Gasteiger charge is -2.38. The van der Waals surface area contributed by atoms with Crippen LogP contribution in [0.5, 0.6) is 0 Å². The van der Waals surface area contributed by atoms with Gasteiger partial charge in [0.1, 0.15) is 10.4 Å². The average Bonchev–Trinajstić information content (AvgIpc) is 2.96. The number of sulfonamides is 1. The lowest BCUT2D eigenvalue weighted by molar-refractivity contribution is -0.135. The molecule has 10 heteroatoms. The Labute approximate surface area is 182 Å². The highest BCUT2D eigenvalue weighted by atomic mass is 35.5. The van der Waals surface area contributed by atoms with Crippen molar-refractivity contribution in [3.05, 3.63) is 29.3 Å². The first-order valence-corrected chi connectivity index (χ1v) is 12.2. The summed E-state index contributed by atoms with van der Waals surface area (Å²) < 4.78 is 27.2. The van der Waals surface area contributed by atoms with E-state index in [0.29, 0.717) is 19.5 Å². The van der Waals surface area contributed by atoms with E-state index in [1.165, 1.54) is 15.3 Å². The molecule has 164 valence electrons. The second-order valence-corrected chi connectivity index (χ2v) is 10.7. The van der Waals surface area contributed by atoms with E-state index in [0.717, 1.165) is 19.3 Å². The van der Waals surface area contributed by atoms with Crippen molar-refractivity contribution in [1.29, 1.82) is 0 Å². The quantitative estimate of drug-likeness (QED) is 0.703. The van der Waals surface area contributed by atoms with Gasteiger partial charge in [-0.2, -0.15) is 4.31 Å². The topological polar surface area (TPSA) is 90.0 Å². The molecule has 0 aromatic heterocycles. The molecule has 8 nitrogen and oxygen atoms in total. The van der Waals surface area contributed by atoms with Crippen LogP contribution in [0.4, 0.5) is 4.79 Å². The van der Waals surface area contributed by atoms with Crippen LogP contribution in [0.2, 0.25) is 5.02 Å². The van der Waals surface area contributed by atoms with E-state index in [1.807, 2.05) is 11.8 Å². The molecular formula is C20H27ClN4O4S. The summed E-state index contributed by atoms with van der Waals surface area (Å²) in [6.45, 7) is 3.63. The minimum atomic E-state index is -3.68. The number of carbonyl (C=O) groups is 2. The number of imide groups is 1. The first-order valence-electron chi connectivity index (χ1n) is 10.4. The van der Waals surface area contributed by atoms with Crippen LogP contribution in [0, 0.1) is 5.92 Å². The molecular weight excluding hydrogens is 428 g/mol. The number of nitrogens with one attached hydrogen (secondary N) is 1. The number of urea groups is 1. The Morgan fingerprint density at radius 1 is 1.13 bits per heavy atom. The van der Waals surface area contributed by atoms with Crippen molar-refractivity contribution in [3.8, 4) is 0 Å². The van der Waals surface area contributed by atoms with Crippen LogP contribution in [-0.4, -0.2) is 72.8 Å². The summed E-state index contributed by atoms with van der Waals surface area (Å²) in [5.74, 6) is -0.0314. The smallest absolute Gasteiger partial charge is 0.323 e. The summed E-state index contributed by atoms with van der Waals surface area (Å²) in [7, 11) is -3.68. The zero-order valence-corrected chi connectivity index (χ0v) is 18.6. The highest BCUT2D eigenvalue weighted by Gasteiger charge is 2.55. The number of hydrogen-bond acceptors (Lipinski definition) is 5. The maximum Gasteiger partial charge on any atom is 0.326 e. The Bertz CT molecular complexity index is 948. The molecule has 0 radical (unpaired) electrons. The first-order chi connectivity index (χ1) is 14.3. The molecule has 4 rings (SSSR count). The Morgan fingerprint density at radius 3 is 2.50 bits per heavy atom. The summed E-state index contributed by atoms with van der Waals surface area (Å²) in [5.41, 5.74) is -0.773. The van der Waals surface area contributed by atoms with Gasteiger partial charge in [-0.1, -0.05) is 43.5 Å². The monoisotopic (exact) mass is 454 g/mol. The van der Waals surface area contributed by atoms with Crippen molar-refractivity contribution < 1.29 is 18.0 Å². The molecule has 0 bridgehead atoms. The molecule has 2 atom stereocenters. The largest absolute Gasteiger partial charge is 0.326 e. The van der Waals surface area contributed by atoms with Gasteiger partial charge in [0.2, 0.25) is 10.0 Å². The zero-order chi connectivity index (χ0) is 21.5. The summed E-state index contributed by atoms with van der Waals surface area (Å²) in [6, 6.07) is 6.05. The van der Waals surface area contributed by atoms with Crippen molar-refractivity contribution in [2.45, 2.75) is 43.0 Å². The summed E-state index contributed by atoms with van der Waals surface area (Å²) in [4.78, 5) is 29.0. The number of carbonyl (C=O) groups excluding carboxylic acids is 2.